The maximum Gasteiger partial charge on any atom is 0.326 e. The van der Waals surface area contributed by atoms with E-state index in [0.29, 0.717) is 0 Å². The van der Waals surface area contributed by atoms with Crippen LogP contribution in [0.15, 0.2) is 20.6 Å². The number of benzene rings is 1. The van der Waals surface area contributed by atoms with E-state index < -0.39 is 21.4 Å². The summed E-state index contributed by atoms with van der Waals surface area (Å²) in [5.41, 5.74) is -0.875. The van der Waals surface area contributed by atoms with Crippen LogP contribution in [0.4, 0.5) is 0 Å². The summed E-state index contributed by atoms with van der Waals surface area (Å²) in [4.78, 5) is 26.9. The molecule has 0 spiro atoms. The van der Waals surface area contributed by atoms with E-state index in [0.717, 1.165) is 0 Å². The molecule has 0 aliphatic heterocycles. The maximum absolute atomic E-state index is 11.6. The van der Waals surface area contributed by atoms with Gasteiger partial charge in [-0.2, -0.15) is 8.42 Å². The van der Waals surface area contributed by atoms with Gasteiger partial charge in [-0.3, -0.25) is 14.3 Å². The fraction of sp³-hybridized carbons (Fsp3) is 0.200. The normalized spacial score (nSPS) is 11.9. The number of hydrogen-bond donors (Lipinski definition) is 3. The second kappa shape index (κ2) is 3.79. The summed E-state index contributed by atoms with van der Waals surface area (Å²) in [6, 6.07) is 1.31. The van der Waals surface area contributed by atoms with E-state index in [-0.39, 0.29) is 26.9 Å². The predicted octanol–water partition coefficient (Wildman–Crippen LogP) is 0.0799. The topological polar surface area (TPSA) is 120 Å². The molecule has 8 heteroatoms. The Bertz CT molecular complexity index is 860. The van der Waals surface area contributed by atoms with Crippen molar-refractivity contribution < 1.29 is 13.0 Å². The van der Waals surface area contributed by atoms with Gasteiger partial charge in [0.25, 0.3) is 15.7 Å². The Balaban J connectivity index is 3.14. The van der Waals surface area contributed by atoms with Crippen LogP contribution in [0.3, 0.4) is 0 Å². The highest BCUT2D eigenvalue weighted by atomic mass is 32.2. The van der Waals surface area contributed by atoms with E-state index >= 15 is 0 Å². The lowest BCUT2D eigenvalue weighted by Gasteiger charge is -2.09. The van der Waals surface area contributed by atoms with E-state index in [1.807, 2.05) is 4.98 Å². The fourth-order valence-electron chi connectivity index (χ4n) is 2.02. The van der Waals surface area contributed by atoms with Gasteiger partial charge in [-0.25, -0.2) is 4.79 Å². The summed E-state index contributed by atoms with van der Waals surface area (Å²) in [6.07, 6.45) is 0. The Morgan fingerprint density at radius 1 is 1.17 bits per heavy atom. The van der Waals surface area contributed by atoms with Gasteiger partial charge in [0.05, 0.1) is 10.9 Å². The largest absolute Gasteiger partial charge is 0.326 e. The summed E-state index contributed by atoms with van der Waals surface area (Å²) < 4.78 is 31.7. The van der Waals surface area contributed by atoms with Crippen LogP contribution < -0.4 is 11.2 Å². The number of aromatic amines is 2. The molecule has 1 heterocycles. The van der Waals surface area contributed by atoms with Crippen molar-refractivity contribution >= 4 is 21.0 Å². The Kier molecular flexibility index (Phi) is 2.63. The van der Waals surface area contributed by atoms with Crippen molar-refractivity contribution in [2.75, 3.05) is 0 Å². The zero-order valence-corrected chi connectivity index (χ0v) is 10.4. The van der Waals surface area contributed by atoms with Crippen LogP contribution >= 0.6 is 0 Å². The predicted molar refractivity (Wildman–Crippen MR) is 64.5 cm³/mol. The van der Waals surface area contributed by atoms with Crippen LogP contribution in [0.25, 0.3) is 10.9 Å². The van der Waals surface area contributed by atoms with Gasteiger partial charge in [0.15, 0.2) is 0 Å². The van der Waals surface area contributed by atoms with Crippen LogP contribution in [0.2, 0.25) is 0 Å². The molecular weight excluding hydrogens is 260 g/mol. The van der Waals surface area contributed by atoms with Crippen molar-refractivity contribution in [1.82, 2.24) is 9.97 Å². The lowest BCUT2D eigenvalue weighted by atomic mass is 10.1. The Hall–Kier alpha value is -1.93. The highest BCUT2D eigenvalue weighted by Gasteiger charge is 2.20. The van der Waals surface area contributed by atoms with Crippen molar-refractivity contribution in [2.45, 2.75) is 18.7 Å². The molecule has 3 N–H and O–H groups in total. The Labute approximate surface area is 101 Å². The monoisotopic (exact) mass is 270 g/mol. The molecule has 0 radical (unpaired) electrons. The summed E-state index contributed by atoms with van der Waals surface area (Å²) in [7, 11) is -4.42. The average molecular weight is 270 g/mol. The van der Waals surface area contributed by atoms with Gasteiger partial charge in [0.1, 0.15) is 4.90 Å². The minimum atomic E-state index is -4.42. The molecule has 0 atom stereocenters. The van der Waals surface area contributed by atoms with Crippen molar-refractivity contribution in [3.63, 3.8) is 0 Å². The number of rotatable bonds is 1. The molecule has 96 valence electrons. The molecule has 7 nitrogen and oxygen atoms in total. The van der Waals surface area contributed by atoms with E-state index in [1.165, 1.54) is 19.9 Å². The van der Waals surface area contributed by atoms with E-state index in [9.17, 15) is 18.0 Å². The van der Waals surface area contributed by atoms with Crippen molar-refractivity contribution in [3.8, 4) is 0 Å². The summed E-state index contributed by atoms with van der Waals surface area (Å²) in [6.45, 7) is 2.87. The molecule has 2 aromatic rings. The molecule has 0 saturated heterocycles. The third kappa shape index (κ3) is 1.85. The molecule has 0 unspecified atom stereocenters. The molecule has 0 aliphatic carbocycles. The third-order valence-corrected chi connectivity index (χ3v) is 3.82. The molecule has 1 aromatic heterocycles. The number of nitrogens with one attached hydrogen (secondary N) is 2. The summed E-state index contributed by atoms with van der Waals surface area (Å²) in [5.74, 6) is 0. The first-order chi connectivity index (χ1) is 8.21. The van der Waals surface area contributed by atoms with E-state index in [4.69, 9.17) is 4.55 Å². The van der Waals surface area contributed by atoms with Gasteiger partial charge >= 0.3 is 5.69 Å². The first-order valence-electron chi connectivity index (χ1n) is 4.96. The molecule has 1 aromatic carbocycles. The molecule has 0 saturated carbocycles. The zero-order valence-electron chi connectivity index (χ0n) is 9.57. The van der Waals surface area contributed by atoms with Crippen LogP contribution in [0.5, 0.6) is 0 Å². The highest BCUT2D eigenvalue weighted by molar-refractivity contribution is 7.86. The maximum atomic E-state index is 11.6. The average Bonchev–Trinajstić information content (AvgIpc) is 2.18. The van der Waals surface area contributed by atoms with E-state index in [1.54, 1.807) is 0 Å². The number of hydrogen-bond acceptors (Lipinski definition) is 4. The SMILES string of the molecule is Cc1cc2c(=O)[nH]c(=O)[nH]c2c(C)c1S(=O)(=O)O. The Morgan fingerprint density at radius 3 is 2.33 bits per heavy atom. The zero-order chi connectivity index (χ0) is 13.7. The third-order valence-electron chi connectivity index (χ3n) is 2.67. The molecule has 18 heavy (non-hydrogen) atoms. The van der Waals surface area contributed by atoms with Crippen LogP contribution in [-0.2, 0) is 10.1 Å². The first-order valence-corrected chi connectivity index (χ1v) is 6.40. The molecule has 0 amide bonds. The molecule has 2 rings (SSSR count). The lowest BCUT2D eigenvalue weighted by Crippen LogP contribution is -2.23. The standard InChI is InChI=1S/C10H10N2O5S/c1-4-3-6-7(11-10(14)12-9(6)13)5(2)8(4)18(15,16)17/h3H,1-2H3,(H,15,16,17)(H2,11,12,13,14). The van der Waals surface area contributed by atoms with Gasteiger partial charge in [-0.1, -0.05) is 0 Å². The smallest absolute Gasteiger partial charge is 0.307 e. The van der Waals surface area contributed by atoms with Crippen molar-refractivity contribution in [2.24, 2.45) is 0 Å². The second-order valence-corrected chi connectivity index (χ2v) is 5.31. The van der Waals surface area contributed by atoms with Gasteiger partial charge in [0, 0.05) is 0 Å². The quantitative estimate of drug-likeness (QED) is 0.634. The van der Waals surface area contributed by atoms with Crippen LogP contribution in [-0.4, -0.2) is 22.9 Å². The minimum absolute atomic E-state index is 0.0991. The first kappa shape index (κ1) is 12.5. The van der Waals surface area contributed by atoms with Gasteiger partial charge in [-0.05, 0) is 31.0 Å². The second-order valence-electron chi connectivity index (χ2n) is 3.95. The van der Waals surface area contributed by atoms with Gasteiger partial charge < -0.3 is 4.98 Å². The van der Waals surface area contributed by atoms with Gasteiger partial charge in [0.2, 0.25) is 0 Å². The van der Waals surface area contributed by atoms with E-state index in [2.05, 4.69) is 4.98 Å². The number of aryl methyl sites for hydroxylation is 2. The lowest BCUT2D eigenvalue weighted by molar-refractivity contribution is 0.482. The Morgan fingerprint density at radius 2 is 1.78 bits per heavy atom. The van der Waals surface area contributed by atoms with Crippen molar-refractivity contribution in [1.29, 1.82) is 0 Å². The number of fused-ring (bicyclic) bond motifs is 1. The minimum Gasteiger partial charge on any atom is -0.307 e. The summed E-state index contributed by atoms with van der Waals surface area (Å²) >= 11 is 0. The van der Waals surface area contributed by atoms with Crippen LogP contribution in [0, 0.1) is 13.8 Å². The van der Waals surface area contributed by atoms with Crippen molar-refractivity contribution in [3.05, 3.63) is 38.0 Å². The molecule has 0 fully saturated rings. The fourth-order valence-corrected chi connectivity index (χ4v) is 2.97. The number of H-pyrrole nitrogens is 2. The molecule has 0 aliphatic rings. The molecular formula is C10H10N2O5S. The number of aromatic nitrogens is 2. The van der Waals surface area contributed by atoms with Crippen LogP contribution in [0.1, 0.15) is 11.1 Å². The summed E-state index contributed by atoms with van der Waals surface area (Å²) in [5, 5.41) is 0.164. The van der Waals surface area contributed by atoms with Gasteiger partial charge in [-0.15, -0.1) is 0 Å². The molecule has 0 bridgehead atoms. The highest BCUT2D eigenvalue weighted by Crippen LogP contribution is 2.24.